The highest BCUT2D eigenvalue weighted by molar-refractivity contribution is 5.70. The van der Waals surface area contributed by atoms with Crippen LogP contribution in [0.4, 0.5) is 13.2 Å². The molecule has 2 aromatic rings. The third-order valence-electron chi connectivity index (χ3n) is 3.19. The Balaban J connectivity index is 2.20. The molecule has 2 rings (SSSR count). The molecule has 0 aliphatic rings. The molecule has 0 fully saturated rings. The van der Waals surface area contributed by atoms with Gasteiger partial charge in [-0.2, -0.15) is 0 Å². The number of rotatable bonds is 5. The summed E-state index contributed by atoms with van der Waals surface area (Å²) < 4.78 is 39.8. The lowest BCUT2D eigenvalue weighted by molar-refractivity contribution is -0.141. The summed E-state index contributed by atoms with van der Waals surface area (Å²) >= 11 is 0. The number of aliphatic carboxylic acids is 1. The highest BCUT2D eigenvalue weighted by Crippen LogP contribution is 2.19. The van der Waals surface area contributed by atoms with Crippen LogP contribution in [-0.2, 0) is 17.6 Å². The molecule has 2 nitrogen and oxygen atoms in total. The second-order valence-electron chi connectivity index (χ2n) is 4.81. The first-order valence-corrected chi connectivity index (χ1v) is 6.37. The molecule has 1 unspecified atom stereocenters. The molecule has 1 N–H and O–H groups in total. The minimum atomic E-state index is -1.14. The Kier molecular flexibility index (Phi) is 4.62. The van der Waals surface area contributed by atoms with E-state index < -0.39 is 29.3 Å². The Bertz CT molecular complexity index is 656. The second kappa shape index (κ2) is 6.43. The van der Waals surface area contributed by atoms with Crippen LogP contribution in [0.15, 0.2) is 42.5 Å². The zero-order valence-electron chi connectivity index (χ0n) is 11.0. The maximum Gasteiger partial charge on any atom is 0.307 e. The van der Waals surface area contributed by atoms with Gasteiger partial charge in [0.05, 0.1) is 5.92 Å². The summed E-state index contributed by atoms with van der Waals surface area (Å²) in [5.41, 5.74) is 0.498. The molecule has 5 heteroatoms. The molecule has 1 atom stereocenters. The molecule has 0 radical (unpaired) electrons. The summed E-state index contributed by atoms with van der Waals surface area (Å²) in [6.45, 7) is 0. The zero-order chi connectivity index (χ0) is 15.4. The standard InChI is InChI=1S/C16H13F3O2/c17-13-3-1-2-10(7-13)6-12(16(20)21)8-11-9-14(18)4-5-15(11)19/h1-5,7,9,12H,6,8H2,(H,20,21). The van der Waals surface area contributed by atoms with Crippen LogP contribution in [0.25, 0.3) is 0 Å². The van der Waals surface area contributed by atoms with E-state index in [2.05, 4.69) is 0 Å². The first-order valence-electron chi connectivity index (χ1n) is 6.37. The quantitative estimate of drug-likeness (QED) is 0.915. The van der Waals surface area contributed by atoms with Gasteiger partial charge in [0, 0.05) is 0 Å². The molecule has 0 aliphatic carbocycles. The molecule has 2 aromatic carbocycles. The van der Waals surface area contributed by atoms with Crippen molar-refractivity contribution in [3.8, 4) is 0 Å². The smallest absolute Gasteiger partial charge is 0.307 e. The highest BCUT2D eigenvalue weighted by Gasteiger charge is 2.21. The van der Waals surface area contributed by atoms with E-state index in [1.807, 2.05) is 0 Å². The third-order valence-corrected chi connectivity index (χ3v) is 3.19. The number of hydrogen-bond donors (Lipinski definition) is 1. The minimum absolute atomic E-state index is 0.00111. The molecule has 21 heavy (non-hydrogen) atoms. The lowest BCUT2D eigenvalue weighted by Crippen LogP contribution is -2.20. The number of benzene rings is 2. The van der Waals surface area contributed by atoms with Crippen molar-refractivity contribution in [1.82, 2.24) is 0 Å². The van der Waals surface area contributed by atoms with E-state index in [1.165, 1.54) is 18.2 Å². The van der Waals surface area contributed by atoms with Crippen LogP contribution in [0, 0.1) is 23.4 Å². The second-order valence-corrected chi connectivity index (χ2v) is 4.81. The van der Waals surface area contributed by atoms with Crippen molar-refractivity contribution < 1.29 is 23.1 Å². The maximum atomic E-state index is 13.6. The molecule has 0 bridgehead atoms. The Hall–Kier alpha value is -2.30. The predicted octanol–water partition coefficient (Wildman–Crippen LogP) is 3.59. The number of halogens is 3. The molecule has 0 saturated heterocycles. The van der Waals surface area contributed by atoms with Gasteiger partial charge in [0.25, 0.3) is 0 Å². The van der Waals surface area contributed by atoms with Gasteiger partial charge in [0.15, 0.2) is 0 Å². The van der Waals surface area contributed by atoms with Crippen molar-refractivity contribution in [3.05, 3.63) is 71.0 Å². The molecule has 0 spiro atoms. The number of carbonyl (C=O) groups is 1. The maximum absolute atomic E-state index is 13.6. The van der Waals surface area contributed by atoms with E-state index in [1.54, 1.807) is 6.07 Å². The number of carboxylic acids is 1. The molecule has 0 aliphatic heterocycles. The van der Waals surface area contributed by atoms with Gasteiger partial charge in [-0.25, -0.2) is 13.2 Å². The van der Waals surface area contributed by atoms with E-state index in [9.17, 15) is 23.1 Å². The van der Waals surface area contributed by atoms with Gasteiger partial charge < -0.3 is 5.11 Å². The van der Waals surface area contributed by atoms with Crippen molar-refractivity contribution in [2.75, 3.05) is 0 Å². The van der Waals surface area contributed by atoms with Crippen molar-refractivity contribution in [2.24, 2.45) is 5.92 Å². The summed E-state index contributed by atoms with van der Waals surface area (Å²) in [5, 5.41) is 9.22. The summed E-state index contributed by atoms with van der Waals surface area (Å²) in [6, 6.07) is 8.49. The van der Waals surface area contributed by atoms with Crippen molar-refractivity contribution in [2.45, 2.75) is 12.8 Å². The fourth-order valence-corrected chi connectivity index (χ4v) is 2.16. The Morgan fingerprint density at radius 1 is 1.00 bits per heavy atom. The molecule has 0 amide bonds. The Morgan fingerprint density at radius 2 is 1.71 bits per heavy atom. The normalized spacial score (nSPS) is 12.1. The molecular formula is C16H13F3O2. The van der Waals surface area contributed by atoms with Crippen LogP contribution in [0.5, 0.6) is 0 Å². The first kappa shape index (κ1) is 15.1. The number of carboxylic acid groups (broad SMARTS) is 1. The van der Waals surface area contributed by atoms with Crippen molar-refractivity contribution >= 4 is 5.97 Å². The lowest BCUT2D eigenvalue weighted by Gasteiger charge is -2.13. The van der Waals surface area contributed by atoms with Crippen LogP contribution < -0.4 is 0 Å². The van der Waals surface area contributed by atoms with Gasteiger partial charge in [0.2, 0.25) is 0 Å². The van der Waals surface area contributed by atoms with E-state index in [0.29, 0.717) is 5.56 Å². The lowest BCUT2D eigenvalue weighted by atomic mass is 9.92. The van der Waals surface area contributed by atoms with Crippen LogP contribution >= 0.6 is 0 Å². The van der Waals surface area contributed by atoms with Gasteiger partial charge in [0.1, 0.15) is 17.5 Å². The monoisotopic (exact) mass is 294 g/mol. The van der Waals surface area contributed by atoms with Crippen LogP contribution in [-0.4, -0.2) is 11.1 Å². The Labute approximate surface area is 119 Å². The molecule has 0 saturated carbocycles. The summed E-state index contributed by atoms with van der Waals surface area (Å²) in [4.78, 5) is 11.3. The average molecular weight is 294 g/mol. The van der Waals surface area contributed by atoms with Crippen molar-refractivity contribution in [3.63, 3.8) is 0 Å². The fourth-order valence-electron chi connectivity index (χ4n) is 2.16. The minimum Gasteiger partial charge on any atom is -0.481 e. The van der Waals surface area contributed by atoms with Gasteiger partial charge in [-0.05, 0) is 54.3 Å². The predicted molar refractivity (Wildman–Crippen MR) is 71.3 cm³/mol. The van der Waals surface area contributed by atoms with Gasteiger partial charge in [-0.1, -0.05) is 12.1 Å². The van der Waals surface area contributed by atoms with Crippen molar-refractivity contribution in [1.29, 1.82) is 0 Å². The largest absolute Gasteiger partial charge is 0.481 e. The van der Waals surface area contributed by atoms with E-state index >= 15 is 0 Å². The summed E-state index contributed by atoms with van der Waals surface area (Å²) in [5.74, 6) is -3.83. The molecule has 110 valence electrons. The first-order chi connectivity index (χ1) is 9.95. The summed E-state index contributed by atoms with van der Waals surface area (Å²) in [7, 11) is 0. The van der Waals surface area contributed by atoms with Crippen LogP contribution in [0.2, 0.25) is 0 Å². The molecule has 0 heterocycles. The third kappa shape index (κ3) is 4.08. The van der Waals surface area contributed by atoms with Gasteiger partial charge in [-0.15, -0.1) is 0 Å². The van der Waals surface area contributed by atoms with E-state index in [-0.39, 0.29) is 18.4 Å². The van der Waals surface area contributed by atoms with Gasteiger partial charge in [-0.3, -0.25) is 4.79 Å². The van der Waals surface area contributed by atoms with Gasteiger partial charge >= 0.3 is 5.97 Å². The topological polar surface area (TPSA) is 37.3 Å². The van der Waals surface area contributed by atoms with Crippen LogP contribution in [0.3, 0.4) is 0 Å². The fraction of sp³-hybridized carbons (Fsp3) is 0.188. The summed E-state index contributed by atoms with van der Waals surface area (Å²) in [6.07, 6.45) is -0.113. The van der Waals surface area contributed by atoms with E-state index in [4.69, 9.17) is 0 Å². The molecule has 0 aromatic heterocycles. The SMILES string of the molecule is O=C(O)C(Cc1cccc(F)c1)Cc1cc(F)ccc1F. The average Bonchev–Trinajstić information content (AvgIpc) is 2.42. The van der Waals surface area contributed by atoms with Crippen LogP contribution in [0.1, 0.15) is 11.1 Å². The van der Waals surface area contributed by atoms with E-state index in [0.717, 1.165) is 18.2 Å². The zero-order valence-corrected chi connectivity index (χ0v) is 11.0. The highest BCUT2D eigenvalue weighted by atomic mass is 19.1. The molecular weight excluding hydrogens is 281 g/mol. The number of hydrogen-bond acceptors (Lipinski definition) is 1. The Morgan fingerprint density at radius 3 is 2.38 bits per heavy atom.